The van der Waals surface area contributed by atoms with Gasteiger partial charge in [0.1, 0.15) is 5.52 Å². The topological polar surface area (TPSA) is 86.7 Å². The highest BCUT2D eigenvalue weighted by Gasteiger charge is 2.24. The number of imidazole rings is 1. The molecular weight excluding hydrogens is 278 g/mol. The van der Waals surface area contributed by atoms with Crippen LogP contribution in [0.15, 0.2) is 6.33 Å². The van der Waals surface area contributed by atoms with Gasteiger partial charge in [0, 0.05) is 13.2 Å². The second kappa shape index (κ2) is 5.93. The smallest absolute Gasteiger partial charge is 0.226 e. The number of hydrogen-bond acceptors (Lipinski definition) is 5. The predicted molar refractivity (Wildman–Crippen MR) is 77.7 cm³/mol. The van der Waals surface area contributed by atoms with E-state index in [9.17, 15) is 5.11 Å². The van der Waals surface area contributed by atoms with Crippen molar-refractivity contribution in [2.45, 2.75) is 25.7 Å². The van der Waals surface area contributed by atoms with Crippen molar-refractivity contribution in [3.8, 4) is 0 Å². The molecule has 1 aliphatic carbocycles. The van der Waals surface area contributed by atoms with E-state index in [1.807, 2.05) is 0 Å². The Morgan fingerprint density at radius 2 is 2.10 bits per heavy atom. The highest BCUT2D eigenvalue weighted by molar-refractivity contribution is 6.28. The zero-order chi connectivity index (χ0) is 13.9. The lowest BCUT2D eigenvalue weighted by Crippen LogP contribution is -2.28. The second-order valence-corrected chi connectivity index (χ2v) is 5.65. The highest BCUT2D eigenvalue weighted by Crippen LogP contribution is 2.30. The molecule has 2 atom stereocenters. The van der Waals surface area contributed by atoms with Gasteiger partial charge in [0.05, 0.1) is 6.33 Å². The van der Waals surface area contributed by atoms with Crippen molar-refractivity contribution in [1.29, 1.82) is 0 Å². The summed E-state index contributed by atoms with van der Waals surface area (Å²) in [5.74, 6) is 1.53. The SMILES string of the molecule is OCC1CCCCC1CNc1nc(Cl)nc2nc[nH]c12. The van der Waals surface area contributed by atoms with Crippen LogP contribution in [0.1, 0.15) is 25.7 Å². The molecule has 7 heteroatoms. The van der Waals surface area contributed by atoms with Crippen LogP contribution < -0.4 is 5.32 Å². The molecule has 2 aromatic rings. The number of aliphatic hydroxyl groups is 1. The molecule has 6 nitrogen and oxygen atoms in total. The van der Waals surface area contributed by atoms with Crippen molar-refractivity contribution in [2.75, 3.05) is 18.5 Å². The molecule has 3 rings (SSSR count). The fourth-order valence-electron chi connectivity index (χ4n) is 2.96. The van der Waals surface area contributed by atoms with E-state index in [1.165, 1.54) is 12.8 Å². The normalized spacial score (nSPS) is 23.1. The first-order valence-corrected chi connectivity index (χ1v) is 7.37. The summed E-state index contributed by atoms with van der Waals surface area (Å²) < 4.78 is 0. The number of rotatable bonds is 4. The van der Waals surface area contributed by atoms with E-state index < -0.39 is 0 Å². The van der Waals surface area contributed by atoms with Crippen molar-refractivity contribution >= 4 is 28.6 Å². The molecule has 1 fully saturated rings. The summed E-state index contributed by atoms with van der Waals surface area (Å²) in [6, 6.07) is 0. The molecule has 108 valence electrons. The van der Waals surface area contributed by atoms with Gasteiger partial charge in [-0.2, -0.15) is 9.97 Å². The minimum atomic E-state index is 0.189. The average molecular weight is 296 g/mol. The van der Waals surface area contributed by atoms with Gasteiger partial charge < -0.3 is 15.4 Å². The number of anilines is 1. The summed E-state index contributed by atoms with van der Waals surface area (Å²) in [7, 11) is 0. The van der Waals surface area contributed by atoms with E-state index in [0.29, 0.717) is 23.3 Å². The molecule has 0 amide bonds. The monoisotopic (exact) mass is 295 g/mol. The quantitative estimate of drug-likeness (QED) is 0.753. The van der Waals surface area contributed by atoms with E-state index in [0.717, 1.165) is 24.9 Å². The van der Waals surface area contributed by atoms with Crippen LogP contribution in [-0.4, -0.2) is 38.2 Å². The van der Waals surface area contributed by atoms with Crippen molar-refractivity contribution in [3.63, 3.8) is 0 Å². The summed E-state index contributed by atoms with van der Waals surface area (Å²) in [5.41, 5.74) is 1.33. The van der Waals surface area contributed by atoms with Crippen LogP contribution in [0, 0.1) is 11.8 Å². The Morgan fingerprint density at radius 1 is 1.30 bits per heavy atom. The molecule has 1 saturated carbocycles. The number of aromatic nitrogens is 4. The number of H-pyrrole nitrogens is 1. The van der Waals surface area contributed by atoms with Crippen molar-refractivity contribution in [3.05, 3.63) is 11.6 Å². The van der Waals surface area contributed by atoms with Crippen LogP contribution in [0.2, 0.25) is 5.28 Å². The molecule has 3 N–H and O–H groups in total. The summed E-state index contributed by atoms with van der Waals surface area (Å²) in [5, 5.41) is 13.0. The first-order valence-electron chi connectivity index (χ1n) is 6.99. The van der Waals surface area contributed by atoms with E-state index in [2.05, 4.69) is 25.3 Å². The van der Waals surface area contributed by atoms with Gasteiger partial charge in [-0.1, -0.05) is 12.8 Å². The summed E-state index contributed by atoms with van der Waals surface area (Å²) in [6.45, 7) is 1.04. The van der Waals surface area contributed by atoms with Crippen LogP contribution >= 0.6 is 11.6 Å². The number of aromatic amines is 1. The van der Waals surface area contributed by atoms with Crippen LogP contribution in [0.5, 0.6) is 0 Å². The minimum absolute atomic E-state index is 0.189. The summed E-state index contributed by atoms with van der Waals surface area (Å²) in [4.78, 5) is 15.4. The Morgan fingerprint density at radius 3 is 2.90 bits per heavy atom. The second-order valence-electron chi connectivity index (χ2n) is 5.31. The van der Waals surface area contributed by atoms with E-state index in [4.69, 9.17) is 11.6 Å². The maximum Gasteiger partial charge on any atom is 0.226 e. The molecule has 2 heterocycles. The molecule has 0 saturated heterocycles. The van der Waals surface area contributed by atoms with Crippen LogP contribution in [0.4, 0.5) is 5.82 Å². The lowest BCUT2D eigenvalue weighted by atomic mass is 9.79. The van der Waals surface area contributed by atoms with Crippen LogP contribution in [-0.2, 0) is 0 Å². The van der Waals surface area contributed by atoms with E-state index in [-0.39, 0.29) is 11.9 Å². The lowest BCUT2D eigenvalue weighted by Gasteiger charge is -2.30. The Labute approximate surface area is 122 Å². The van der Waals surface area contributed by atoms with Crippen LogP contribution in [0.25, 0.3) is 11.2 Å². The zero-order valence-electron chi connectivity index (χ0n) is 11.1. The molecule has 0 aromatic carbocycles. The van der Waals surface area contributed by atoms with Gasteiger partial charge in [0.25, 0.3) is 0 Å². The fraction of sp³-hybridized carbons (Fsp3) is 0.615. The molecule has 0 bridgehead atoms. The zero-order valence-corrected chi connectivity index (χ0v) is 11.9. The molecule has 2 unspecified atom stereocenters. The number of halogens is 1. The molecule has 2 aromatic heterocycles. The van der Waals surface area contributed by atoms with Gasteiger partial charge >= 0.3 is 0 Å². The van der Waals surface area contributed by atoms with Crippen molar-refractivity contribution in [1.82, 2.24) is 19.9 Å². The maximum absolute atomic E-state index is 9.45. The Kier molecular flexibility index (Phi) is 4.03. The third-order valence-corrected chi connectivity index (χ3v) is 4.26. The maximum atomic E-state index is 9.45. The molecule has 0 spiro atoms. The first-order chi connectivity index (χ1) is 9.78. The lowest BCUT2D eigenvalue weighted by molar-refractivity contribution is 0.141. The van der Waals surface area contributed by atoms with Crippen molar-refractivity contribution < 1.29 is 5.11 Å². The summed E-state index contributed by atoms with van der Waals surface area (Å²) in [6.07, 6.45) is 6.27. The van der Waals surface area contributed by atoms with Gasteiger partial charge in [-0.25, -0.2) is 4.98 Å². The fourth-order valence-corrected chi connectivity index (χ4v) is 3.12. The molecule has 0 aliphatic heterocycles. The Bertz CT molecular complexity index is 587. The number of nitrogens with one attached hydrogen (secondary N) is 2. The average Bonchev–Trinajstić information content (AvgIpc) is 2.93. The Balaban J connectivity index is 1.74. The third kappa shape index (κ3) is 2.71. The highest BCUT2D eigenvalue weighted by atomic mass is 35.5. The number of aliphatic hydroxyl groups excluding tert-OH is 1. The number of fused-ring (bicyclic) bond motifs is 1. The van der Waals surface area contributed by atoms with E-state index >= 15 is 0 Å². The predicted octanol–water partition coefficient (Wildman–Crippen LogP) is 2.22. The van der Waals surface area contributed by atoms with E-state index in [1.54, 1.807) is 6.33 Å². The minimum Gasteiger partial charge on any atom is -0.396 e. The third-order valence-electron chi connectivity index (χ3n) is 4.09. The molecule has 1 aliphatic rings. The Hall–Kier alpha value is -1.40. The first kappa shape index (κ1) is 13.6. The molecule has 20 heavy (non-hydrogen) atoms. The molecular formula is C13H18ClN5O. The number of hydrogen-bond donors (Lipinski definition) is 3. The summed E-state index contributed by atoms with van der Waals surface area (Å²) >= 11 is 5.90. The largest absolute Gasteiger partial charge is 0.396 e. The van der Waals surface area contributed by atoms with Crippen molar-refractivity contribution in [2.24, 2.45) is 11.8 Å². The van der Waals surface area contributed by atoms with Gasteiger partial charge in [-0.15, -0.1) is 0 Å². The van der Waals surface area contributed by atoms with Crippen LogP contribution in [0.3, 0.4) is 0 Å². The van der Waals surface area contributed by atoms with Gasteiger partial charge in [-0.05, 0) is 36.3 Å². The van der Waals surface area contributed by atoms with Gasteiger partial charge in [0.2, 0.25) is 5.28 Å². The van der Waals surface area contributed by atoms with Gasteiger partial charge in [-0.3, -0.25) is 0 Å². The number of nitrogens with zero attached hydrogens (tertiary/aromatic N) is 3. The van der Waals surface area contributed by atoms with Gasteiger partial charge in [0.15, 0.2) is 11.5 Å². The molecule has 0 radical (unpaired) electrons. The standard InChI is InChI=1S/C13H18ClN5O/c14-13-18-11(10-12(19-13)17-7-16-10)15-5-8-3-1-2-4-9(8)6-20/h7-9,20H,1-6H2,(H2,15,16,17,18,19).